The van der Waals surface area contributed by atoms with E-state index in [0.29, 0.717) is 10.8 Å². The van der Waals surface area contributed by atoms with Crippen LogP contribution in [0.4, 0.5) is 0 Å². The van der Waals surface area contributed by atoms with Gasteiger partial charge in [-0.15, -0.1) is 11.8 Å². The number of rotatable bonds is 2. The molecule has 0 unspecified atom stereocenters. The minimum atomic E-state index is -0.0519. The van der Waals surface area contributed by atoms with Crippen LogP contribution in [0.15, 0.2) is 34.0 Å². The highest BCUT2D eigenvalue weighted by Crippen LogP contribution is 2.14. The predicted molar refractivity (Wildman–Crippen MR) is 72.6 cm³/mol. The number of aromatic nitrogens is 2. The average molecular weight is 246 g/mol. The highest BCUT2D eigenvalue weighted by molar-refractivity contribution is 7.98. The van der Waals surface area contributed by atoms with Gasteiger partial charge in [-0.3, -0.25) is 9.36 Å². The molecule has 1 N–H and O–H groups in total. The zero-order valence-electron chi connectivity index (χ0n) is 9.86. The molecule has 4 heteroatoms. The van der Waals surface area contributed by atoms with Crippen LogP contribution in [0, 0.1) is 0 Å². The molecule has 1 aromatic heterocycles. The summed E-state index contributed by atoms with van der Waals surface area (Å²) in [6, 6.07) is 8.06. The number of benzene rings is 1. The fourth-order valence-electron chi connectivity index (χ4n) is 1.56. The Bertz CT molecular complexity index is 680. The van der Waals surface area contributed by atoms with Gasteiger partial charge >= 0.3 is 0 Å². The fourth-order valence-corrected chi connectivity index (χ4v) is 1.97. The summed E-state index contributed by atoms with van der Waals surface area (Å²) in [5.74, 6) is 0. The van der Waals surface area contributed by atoms with Crippen molar-refractivity contribution in [2.75, 3.05) is 6.26 Å². The van der Waals surface area contributed by atoms with Gasteiger partial charge in [-0.2, -0.15) is 0 Å². The Labute approximate surface area is 103 Å². The molecular formula is C13H14N2OS. The van der Waals surface area contributed by atoms with Crippen molar-refractivity contribution in [3.63, 3.8) is 0 Å². The largest absolute Gasteiger partial charge is 0.338 e. The van der Waals surface area contributed by atoms with Gasteiger partial charge in [0.05, 0.1) is 0 Å². The smallest absolute Gasteiger partial charge is 0.275 e. The van der Waals surface area contributed by atoms with Crippen LogP contribution >= 0.6 is 11.8 Å². The van der Waals surface area contributed by atoms with Crippen LogP contribution < -0.4 is 16.4 Å². The molecule has 0 atom stereocenters. The number of thioether (sulfide) groups is 1. The summed E-state index contributed by atoms with van der Waals surface area (Å²) >= 11 is 1.70. The van der Waals surface area contributed by atoms with Gasteiger partial charge in [0.2, 0.25) is 0 Å². The summed E-state index contributed by atoms with van der Waals surface area (Å²) in [6.45, 7) is 3.75. The Kier molecular flexibility index (Phi) is 3.24. The topological polar surface area (TPSA) is 37.8 Å². The average Bonchev–Trinajstić information content (AvgIpc) is 2.58. The maximum absolute atomic E-state index is 11.8. The van der Waals surface area contributed by atoms with E-state index in [2.05, 4.69) is 11.6 Å². The molecule has 0 saturated heterocycles. The van der Waals surface area contributed by atoms with Crippen molar-refractivity contribution in [3.05, 3.63) is 51.0 Å². The first-order valence-electron chi connectivity index (χ1n) is 5.21. The van der Waals surface area contributed by atoms with E-state index in [1.54, 1.807) is 18.8 Å². The van der Waals surface area contributed by atoms with E-state index in [-0.39, 0.29) is 5.56 Å². The van der Waals surface area contributed by atoms with Crippen molar-refractivity contribution in [3.8, 4) is 0 Å². The third-order valence-electron chi connectivity index (χ3n) is 2.65. The molecule has 0 bridgehead atoms. The van der Waals surface area contributed by atoms with Crippen molar-refractivity contribution < 1.29 is 0 Å². The zero-order chi connectivity index (χ0) is 12.4. The minimum Gasteiger partial charge on any atom is -0.338 e. The van der Waals surface area contributed by atoms with E-state index in [4.69, 9.17) is 0 Å². The lowest BCUT2D eigenvalue weighted by Gasteiger charge is -1.95. The Morgan fingerprint density at radius 1 is 1.35 bits per heavy atom. The molecule has 0 fully saturated rings. The molecule has 1 heterocycles. The number of hydrogen-bond donors (Lipinski definition) is 1. The molecule has 0 saturated carbocycles. The Balaban J connectivity index is 2.51. The molecule has 0 aliphatic rings. The second-order valence-electron chi connectivity index (χ2n) is 3.77. The maximum Gasteiger partial charge on any atom is 0.275 e. The van der Waals surface area contributed by atoms with Crippen molar-refractivity contribution in [1.82, 2.24) is 9.55 Å². The molecular weight excluding hydrogens is 232 g/mol. The zero-order valence-corrected chi connectivity index (χ0v) is 10.7. The van der Waals surface area contributed by atoms with Crippen molar-refractivity contribution >= 4 is 24.4 Å². The monoisotopic (exact) mass is 246 g/mol. The molecule has 1 aromatic carbocycles. The molecule has 0 spiro atoms. The molecule has 0 aliphatic heterocycles. The summed E-state index contributed by atoms with van der Waals surface area (Å²) in [7, 11) is 1.70. The first-order valence-corrected chi connectivity index (χ1v) is 6.44. The number of hydrogen-bond acceptors (Lipinski definition) is 2. The molecule has 2 aromatic rings. The summed E-state index contributed by atoms with van der Waals surface area (Å²) in [6.07, 6.45) is 3.87. The van der Waals surface area contributed by atoms with Crippen LogP contribution in [0.2, 0.25) is 0 Å². The summed E-state index contributed by atoms with van der Waals surface area (Å²) in [5.41, 5.74) is 1.56. The molecule has 2 rings (SSSR count). The van der Waals surface area contributed by atoms with E-state index in [0.717, 1.165) is 5.56 Å². The lowest BCUT2D eigenvalue weighted by Crippen LogP contribution is -2.28. The molecule has 88 valence electrons. The van der Waals surface area contributed by atoms with Crippen LogP contribution in [0.5, 0.6) is 0 Å². The van der Waals surface area contributed by atoms with Crippen molar-refractivity contribution in [2.24, 2.45) is 7.05 Å². The Morgan fingerprint density at radius 3 is 2.47 bits per heavy atom. The summed E-state index contributed by atoms with van der Waals surface area (Å²) < 4.78 is 1.50. The third-order valence-corrected chi connectivity index (χ3v) is 3.39. The first-order chi connectivity index (χ1) is 8.11. The van der Waals surface area contributed by atoms with Crippen LogP contribution in [0.3, 0.4) is 0 Å². The molecule has 0 amide bonds. The summed E-state index contributed by atoms with van der Waals surface area (Å²) in [5, 5.41) is 0.564. The molecule has 0 radical (unpaired) electrons. The number of imidazole rings is 1. The van der Waals surface area contributed by atoms with Gasteiger partial charge in [-0.25, -0.2) is 0 Å². The fraction of sp³-hybridized carbons (Fsp3) is 0.154. The SMILES string of the molecule is C=c1[nH]c(=Cc2ccc(SC)cc2)c(=O)n1C. The van der Waals surface area contributed by atoms with Gasteiger partial charge in [-0.05, 0) is 30.0 Å². The van der Waals surface area contributed by atoms with Crippen LogP contribution in [-0.4, -0.2) is 15.8 Å². The van der Waals surface area contributed by atoms with Gasteiger partial charge in [0.1, 0.15) is 10.8 Å². The highest BCUT2D eigenvalue weighted by Gasteiger charge is 1.97. The number of nitrogens with zero attached hydrogens (tertiary/aromatic N) is 1. The van der Waals surface area contributed by atoms with Gasteiger partial charge < -0.3 is 4.98 Å². The first kappa shape index (κ1) is 11.8. The highest BCUT2D eigenvalue weighted by atomic mass is 32.2. The number of H-pyrrole nitrogens is 1. The molecule has 3 nitrogen and oxygen atoms in total. The number of nitrogens with one attached hydrogen (secondary N) is 1. The van der Waals surface area contributed by atoms with E-state index < -0.39 is 0 Å². The van der Waals surface area contributed by atoms with Crippen molar-refractivity contribution in [2.45, 2.75) is 4.90 Å². The van der Waals surface area contributed by atoms with E-state index in [1.807, 2.05) is 36.6 Å². The van der Waals surface area contributed by atoms with Gasteiger partial charge in [-0.1, -0.05) is 18.7 Å². The van der Waals surface area contributed by atoms with Crippen LogP contribution in [0.1, 0.15) is 5.56 Å². The molecule has 17 heavy (non-hydrogen) atoms. The van der Waals surface area contributed by atoms with E-state index >= 15 is 0 Å². The number of aromatic amines is 1. The Morgan fingerprint density at radius 2 is 2.00 bits per heavy atom. The Hall–Kier alpha value is -1.68. The van der Waals surface area contributed by atoms with Crippen LogP contribution in [-0.2, 0) is 7.05 Å². The lowest BCUT2D eigenvalue weighted by molar-refractivity contribution is 0.840. The second kappa shape index (κ2) is 4.67. The molecule has 0 aliphatic carbocycles. The van der Waals surface area contributed by atoms with Gasteiger partial charge in [0.15, 0.2) is 0 Å². The quantitative estimate of drug-likeness (QED) is 0.791. The minimum absolute atomic E-state index is 0.0519. The van der Waals surface area contributed by atoms with E-state index in [9.17, 15) is 4.79 Å². The van der Waals surface area contributed by atoms with Crippen LogP contribution in [0.25, 0.3) is 12.7 Å². The third kappa shape index (κ3) is 2.36. The van der Waals surface area contributed by atoms with Gasteiger partial charge in [0, 0.05) is 11.9 Å². The lowest BCUT2D eigenvalue weighted by atomic mass is 10.2. The standard InChI is InChI=1S/C13H14N2OS/c1-9-14-12(13(16)15(9)2)8-10-4-6-11(17-3)7-5-10/h4-8,14H,1H2,2-3H3. The van der Waals surface area contributed by atoms with Crippen molar-refractivity contribution in [1.29, 1.82) is 0 Å². The normalized spacial score (nSPS) is 12.0. The summed E-state index contributed by atoms with van der Waals surface area (Å²) in [4.78, 5) is 15.9. The van der Waals surface area contributed by atoms with E-state index in [1.165, 1.54) is 9.46 Å². The predicted octanol–water partition coefficient (Wildman–Crippen LogP) is 0.674. The maximum atomic E-state index is 11.8. The second-order valence-corrected chi connectivity index (χ2v) is 4.65. The van der Waals surface area contributed by atoms with Gasteiger partial charge in [0.25, 0.3) is 5.56 Å².